The van der Waals surface area contributed by atoms with Gasteiger partial charge in [0.25, 0.3) is 10.2 Å². The molecule has 310 valence electrons. The first-order valence-corrected chi connectivity index (χ1v) is 18.8. The second-order valence-corrected chi connectivity index (χ2v) is 13.5. The number of hydrogen-bond acceptors (Lipinski definition) is 15. The van der Waals surface area contributed by atoms with Crippen LogP contribution in [0.1, 0.15) is 76.0 Å². The Morgan fingerprint density at radius 2 is 1.40 bits per heavy atom. The van der Waals surface area contributed by atoms with Gasteiger partial charge in [0, 0.05) is 18.5 Å². The zero-order valence-corrected chi connectivity index (χ0v) is 32.6. The average molecular weight is 806 g/mol. The number of carbonyl (C=O) groups excluding carboxylic acids is 3. The molecule has 4 aromatic rings. The summed E-state index contributed by atoms with van der Waals surface area (Å²) in [6.45, 7) is 5.37. The van der Waals surface area contributed by atoms with E-state index in [2.05, 4.69) is 25.1 Å². The Balaban J connectivity index is 1.37. The summed E-state index contributed by atoms with van der Waals surface area (Å²) in [5.41, 5.74) is 4.32. The van der Waals surface area contributed by atoms with Crippen LogP contribution < -0.4 is 0 Å². The fraction of sp³-hybridized carbons (Fsp3) is 0.436. The third-order valence-electron chi connectivity index (χ3n) is 8.76. The third-order valence-corrected chi connectivity index (χ3v) is 8.76. The van der Waals surface area contributed by atoms with Crippen molar-refractivity contribution in [2.45, 2.75) is 91.8 Å². The van der Waals surface area contributed by atoms with Gasteiger partial charge in [0.15, 0.2) is 0 Å². The Morgan fingerprint density at radius 1 is 0.759 bits per heavy atom. The maximum atomic E-state index is 13.5. The molecular weight excluding hydrogens is 758 g/mol. The minimum Gasteiger partial charge on any atom is -0.464 e. The fourth-order valence-corrected chi connectivity index (χ4v) is 5.83. The Morgan fingerprint density at radius 3 is 2.05 bits per heavy atom. The Kier molecular flexibility index (Phi) is 17.3. The first kappa shape index (κ1) is 44.1. The predicted molar refractivity (Wildman–Crippen MR) is 205 cm³/mol. The third kappa shape index (κ3) is 14.1. The first-order valence-electron chi connectivity index (χ1n) is 18.8. The lowest BCUT2D eigenvalue weighted by atomic mass is 9.97. The molecule has 0 aliphatic carbocycles. The van der Waals surface area contributed by atoms with E-state index in [1.807, 2.05) is 69.3 Å². The smallest absolute Gasteiger partial charge is 0.464 e. The minimum absolute atomic E-state index is 0.0238. The molecule has 1 unspecified atom stereocenters. The monoisotopic (exact) mass is 805 g/mol. The molecule has 0 saturated carbocycles. The Labute approximate surface area is 334 Å². The maximum Gasteiger partial charge on any atom is 0.510 e. The van der Waals surface area contributed by atoms with Crippen LogP contribution in [0.4, 0.5) is 4.79 Å². The number of nitrogens with zero attached hydrogens (tertiary/aromatic N) is 7. The molecule has 0 radical (unpaired) electrons. The zero-order chi connectivity index (χ0) is 41.9. The van der Waals surface area contributed by atoms with Crippen LogP contribution in [0.15, 0.2) is 72.8 Å². The standard InChI is InChI=1S/C39H47N7O12/c1-4-5-13-35(47)43(36(28(2)3)38(48)54-22-9-6-10-23-57-45(50)51)24-29-18-20-32(21-19-29)33-11-7-8-12-34(33)37-40-42-44(41-37)27-56-39(49)55-25-30-14-16-31(17-15-30)26-58-46(52)53/h7-8,11-12,14-21,28,36H,4-6,9-10,13,22-27H2,1-3H3. The molecule has 4 rings (SSSR count). The van der Waals surface area contributed by atoms with Gasteiger partial charge in [-0.1, -0.05) is 100.0 Å². The quantitative estimate of drug-likeness (QED) is 0.0319. The lowest BCUT2D eigenvalue weighted by Crippen LogP contribution is -2.48. The summed E-state index contributed by atoms with van der Waals surface area (Å²) in [7, 11) is 0. The van der Waals surface area contributed by atoms with Gasteiger partial charge < -0.3 is 28.8 Å². The van der Waals surface area contributed by atoms with Crippen molar-refractivity contribution >= 4 is 18.0 Å². The maximum absolute atomic E-state index is 13.5. The molecule has 19 nitrogen and oxygen atoms in total. The summed E-state index contributed by atoms with van der Waals surface area (Å²) in [5, 5.41) is 31.5. The van der Waals surface area contributed by atoms with E-state index in [0.717, 1.165) is 27.9 Å². The summed E-state index contributed by atoms with van der Waals surface area (Å²) in [6, 6.07) is 20.8. The van der Waals surface area contributed by atoms with Gasteiger partial charge in [-0.2, -0.15) is 0 Å². The molecule has 0 spiro atoms. The molecule has 19 heteroatoms. The Hall–Kier alpha value is -6.66. The van der Waals surface area contributed by atoms with E-state index in [1.54, 1.807) is 29.2 Å². The lowest BCUT2D eigenvalue weighted by Gasteiger charge is -2.33. The van der Waals surface area contributed by atoms with Gasteiger partial charge in [-0.25, -0.2) is 9.59 Å². The number of amides is 1. The second-order valence-electron chi connectivity index (χ2n) is 13.5. The van der Waals surface area contributed by atoms with Crippen molar-refractivity contribution in [2.75, 3.05) is 13.2 Å². The van der Waals surface area contributed by atoms with Gasteiger partial charge >= 0.3 is 12.1 Å². The van der Waals surface area contributed by atoms with Crippen LogP contribution in [0.2, 0.25) is 0 Å². The van der Waals surface area contributed by atoms with Gasteiger partial charge in [0.2, 0.25) is 18.5 Å². The SMILES string of the molecule is CCCCC(=O)N(Cc1ccc(-c2ccccc2-c2nnn(COC(=O)OCc3ccc(CO[N+](=O)[O-])cc3)n2)cc1)C(C(=O)OCCCCCO[N+](=O)[O-])C(C)C. The van der Waals surface area contributed by atoms with Crippen LogP contribution in [0.5, 0.6) is 0 Å². The molecule has 0 fully saturated rings. The van der Waals surface area contributed by atoms with E-state index in [4.69, 9.17) is 14.2 Å². The summed E-state index contributed by atoms with van der Waals surface area (Å²) < 4.78 is 15.9. The normalized spacial score (nSPS) is 11.4. The first-order chi connectivity index (χ1) is 27.9. The number of carbonyl (C=O) groups is 3. The molecule has 0 N–H and O–H groups in total. The number of aromatic nitrogens is 4. The molecule has 1 aromatic heterocycles. The number of unbranched alkanes of at least 4 members (excludes halogenated alkanes) is 3. The van der Waals surface area contributed by atoms with Crippen molar-refractivity contribution in [3.05, 3.63) is 110 Å². The van der Waals surface area contributed by atoms with Gasteiger partial charge in [-0.15, -0.1) is 35.2 Å². The van der Waals surface area contributed by atoms with E-state index >= 15 is 0 Å². The second kappa shape index (κ2) is 22.8. The van der Waals surface area contributed by atoms with E-state index in [1.165, 1.54) is 0 Å². The van der Waals surface area contributed by atoms with Gasteiger partial charge in [0.05, 0.1) is 13.2 Å². The lowest BCUT2D eigenvalue weighted by molar-refractivity contribution is -0.763. The van der Waals surface area contributed by atoms with Crippen LogP contribution in [0, 0.1) is 26.1 Å². The summed E-state index contributed by atoms with van der Waals surface area (Å²) in [6.07, 6.45) is 2.36. The molecule has 1 amide bonds. The van der Waals surface area contributed by atoms with Gasteiger partial charge in [0.1, 0.15) is 19.3 Å². The molecule has 3 aromatic carbocycles. The predicted octanol–water partition coefficient (Wildman–Crippen LogP) is 6.49. The van der Waals surface area contributed by atoms with Crippen LogP contribution in [-0.4, -0.2) is 72.6 Å². The van der Waals surface area contributed by atoms with E-state index in [0.29, 0.717) is 42.4 Å². The number of rotatable bonds is 24. The highest BCUT2D eigenvalue weighted by molar-refractivity contribution is 5.85. The van der Waals surface area contributed by atoms with Crippen molar-refractivity contribution in [1.82, 2.24) is 25.1 Å². The summed E-state index contributed by atoms with van der Waals surface area (Å²) in [5.74, 6) is -0.591. The zero-order valence-electron chi connectivity index (χ0n) is 32.6. The molecule has 1 atom stereocenters. The number of tetrazole rings is 1. The van der Waals surface area contributed by atoms with Crippen LogP contribution in [0.25, 0.3) is 22.5 Å². The molecule has 0 aliphatic heterocycles. The highest BCUT2D eigenvalue weighted by Crippen LogP contribution is 2.30. The van der Waals surface area contributed by atoms with Crippen molar-refractivity contribution in [2.24, 2.45) is 5.92 Å². The molecule has 0 saturated heterocycles. The number of ether oxygens (including phenoxy) is 3. The van der Waals surface area contributed by atoms with Crippen LogP contribution >= 0.6 is 0 Å². The van der Waals surface area contributed by atoms with E-state index in [9.17, 15) is 34.6 Å². The van der Waals surface area contributed by atoms with Crippen molar-refractivity contribution in [1.29, 1.82) is 0 Å². The number of hydrogen-bond donors (Lipinski definition) is 0. The van der Waals surface area contributed by atoms with Crippen molar-refractivity contribution in [3.8, 4) is 22.5 Å². The number of esters is 1. The van der Waals surface area contributed by atoms with Crippen LogP contribution in [0.3, 0.4) is 0 Å². The van der Waals surface area contributed by atoms with Crippen molar-refractivity contribution < 1.29 is 48.4 Å². The molecule has 0 aliphatic rings. The molecule has 0 bridgehead atoms. The van der Waals surface area contributed by atoms with Crippen LogP contribution in [-0.2, 0) is 60.0 Å². The number of benzene rings is 3. The highest BCUT2D eigenvalue weighted by atomic mass is 17.0. The van der Waals surface area contributed by atoms with E-state index < -0.39 is 28.3 Å². The fourth-order valence-electron chi connectivity index (χ4n) is 5.83. The Bertz CT molecular complexity index is 1950. The molecular formula is C39H47N7O12. The minimum atomic E-state index is -0.961. The molecule has 1 heterocycles. The average Bonchev–Trinajstić information content (AvgIpc) is 3.69. The summed E-state index contributed by atoms with van der Waals surface area (Å²) >= 11 is 0. The van der Waals surface area contributed by atoms with Gasteiger partial charge in [-0.05, 0) is 64.6 Å². The van der Waals surface area contributed by atoms with E-state index in [-0.39, 0.29) is 63.8 Å². The largest absolute Gasteiger partial charge is 0.510 e. The molecule has 58 heavy (non-hydrogen) atoms. The van der Waals surface area contributed by atoms with Gasteiger partial charge in [-0.3, -0.25) is 4.79 Å². The topological polar surface area (TPSA) is 230 Å². The van der Waals surface area contributed by atoms with Crippen molar-refractivity contribution in [3.63, 3.8) is 0 Å². The highest BCUT2D eigenvalue weighted by Gasteiger charge is 2.33. The summed E-state index contributed by atoms with van der Waals surface area (Å²) in [4.78, 5) is 71.2.